The summed E-state index contributed by atoms with van der Waals surface area (Å²) in [6.07, 6.45) is 2.67. The smallest absolute Gasteiger partial charge is 0.272 e. The predicted molar refractivity (Wildman–Crippen MR) is 61.5 cm³/mol. The second kappa shape index (κ2) is 4.44. The van der Waals surface area contributed by atoms with Crippen LogP contribution in [0, 0.1) is 0 Å². The first-order chi connectivity index (χ1) is 8.08. The molecule has 1 aliphatic heterocycles. The number of carbonyl (C=O) groups is 2. The van der Waals surface area contributed by atoms with Crippen LogP contribution in [-0.4, -0.2) is 34.0 Å². The molecule has 2 heterocycles. The topological polar surface area (TPSA) is 102 Å². The minimum atomic E-state index is -0.700. The lowest BCUT2D eigenvalue weighted by molar-refractivity contribution is -0.119. The van der Waals surface area contributed by atoms with E-state index in [2.05, 4.69) is 15.6 Å². The second-order valence-electron chi connectivity index (χ2n) is 4.02. The van der Waals surface area contributed by atoms with Crippen molar-refractivity contribution in [2.45, 2.75) is 25.9 Å². The van der Waals surface area contributed by atoms with Gasteiger partial charge in [0.05, 0.1) is 0 Å². The third-order valence-corrected chi connectivity index (χ3v) is 2.64. The van der Waals surface area contributed by atoms with Gasteiger partial charge in [0.2, 0.25) is 11.9 Å². The van der Waals surface area contributed by atoms with Crippen LogP contribution in [0.15, 0.2) is 6.20 Å². The van der Waals surface area contributed by atoms with Crippen LogP contribution in [0.2, 0.25) is 0 Å². The van der Waals surface area contributed by atoms with E-state index in [1.807, 2.05) is 4.57 Å². The van der Waals surface area contributed by atoms with Gasteiger partial charge < -0.3 is 20.9 Å². The van der Waals surface area contributed by atoms with Crippen molar-refractivity contribution in [3.05, 3.63) is 11.9 Å². The summed E-state index contributed by atoms with van der Waals surface area (Å²) >= 11 is 0. The van der Waals surface area contributed by atoms with Gasteiger partial charge in [-0.25, -0.2) is 4.98 Å². The molecular weight excluding hydrogens is 222 g/mol. The number of hydrogen-bond donors (Lipinski definition) is 3. The number of nitrogens with zero attached hydrogens (tertiary/aromatic N) is 2. The van der Waals surface area contributed by atoms with Gasteiger partial charge in [0.1, 0.15) is 11.7 Å². The van der Waals surface area contributed by atoms with Gasteiger partial charge in [0.15, 0.2) is 0 Å². The minimum Gasteiger partial charge on any atom is -0.368 e. The standard InChI is InChI=1S/C10H15N5O2/c1-6(8(11)16)13-9(17)7-5-15-4-2-3-12-10(15)14-7/h5-6H,2-4H2,1H3,(H2,11,16)(H,12,14)(H,13,17). The van der Waals surface area contributed by atoms with E-state index >= 15 is 0 Å². The molecule has 7 nitrogen and oxygen atoms in total. The zero-order chi connectivity index (χ0) is 12.4. The van der Waals surface area contributed by atoms with Crippen molar-refractivity contribution in [3.8, 4) is 0 Å². The Kier molecular flexibility index (Phi) is 2.99. The Morgan fingerprint density at radius 2 is 2.41 bits per heavy atom. The largest absolute Gasteiger partial charge is 0.368 e. The Balaban J connectivity index is 2.09. The number of aryl methyl sites for hydroxylation is 1. The normalized spacial score (nSPS) is 15.6. The number of hydrogen-bond acceptors (Lipinski definition) is 4. The van der Waals surface area contributed by atoms with Crippen molar-refractivity contribution in [2.75, 3.05) is 11.9 Å². The highest BCUT2D eigenvalue weighted by molar-refractivity contribution is 5.95. The SMILES string of the molecule is CC(NC(=O)c1cn2c(n1)NCCC2)C(N)=O. The Morgan fingerprint density at radius 1 is 1.65 bits per heavy atom. The zero-order valence-corrected chi connectivity index (χ0v) is 9.56. The van der Waals surface area contributed by atoms with Crippen LogP contribution in [-0.2, 0) is 11.3 Å². The molecule has 17 heavy (non-hydrogen) atoms. The summed E-state index contributed by atoms with van der Waals surface area (Å²) in [5.41, 5.74) is 5.36. The molecule has 0 saturated heterocycles. The van der Waals surface area contributed by atoms with Crippen LogP contribution >= 0.6 is 0 Å². The van der Waals surface area contributed by atoms with Crippen LogP contribution in [0.25, 0.3) is 0 Å². The van der Waals surface area contributed by atoms with Crippen LogP contribution in [0.3, 0.4) is 0 Å². The van der Waals surface area contributed by atoms with Crippen molar-refractivity contribution >= 4 is 17.8 Å². The molecule has 92 valence electrons. The Hall–Kier alpha value is -2.05. The van der Waals surface area contributed by atoms with Gasteiger partial charge in [-0.05, 0) is 13.3 Å². The lowest BCUT2D eigenvalue weighted by Gasteiger charge is -2.14. The number of carbonyl (C=O) groups excluding carboxylic acids is 2. The summed E-state index contributed by atoms with van der Waals surface area (Å²) in [6.45, 7) is 3.23. The van der Waals surface area contributed by atoms with Gasteiger partial charge in [-0.3, -0.25) is 9.59 Å². The highest BCUT2D eigenvalue weighted by atomic mass is 16.2. The van der Waals surface area contributed by atoms with Gasteiger partial charge in [-0.15, -0.1) is 0 Å². The fourth-order valence-corrected chi connectivity index (χ4v) is 1.63. The summed E-state index contributed by atoms with van der Waals surface area (Å²) in [5.74, 6) is -0.270. The van der Waals surface area contributed by atoms with E-state index in [0.29, 0.717) is 11.6 Å². The van der Waals surface area contributed by atoms with Gasteiger partial charge in [0.25, 0.3) is 5.91 Å². The summed E-state index contributed by atoms with van der Waals surface area (Å²) in [5, 5.41) is 5.58. The molecule has 0 aromatic carbocycles. The number of nitrogens with one attached hydrogen (secondary N) is 2. The van der Waals surface area contributed by atoms with Crippen LogP contribution in [0.1, 0.15) is 23.8 Å². The number of primary amides is 1. The van der Waals surface area contributed by atoms with E-state index in [0.717, 1.165) is 19.5 Å². The zero-order valence-electron chi connectivity index (χ0n) is 9.56. The fourth-order valence-electron chi connectivity index (χ4n) is 1.63. The van der Waals surface area contributed by atoms with Crippen molar-refractivity contribution in [1.82, 2.24) is 14.9 Å². The molecule has 1 aromatic rings. The first-order valence-corrected chi connectivity index (χ1v) is 5.49. The number of amides is 2. The molecule has 0 radical (unpaired) electrons. The number of imidazole rings is 1. The number of rotatable bonds is 3. The summed E-state index contributed by atoms with van der Waals surface area (Å²) < 4.78 is 1.88. The lowest BCUT2D eigenvalue weighted by atomic mass is 10.3. The first-order valence-electron chi connectivity index (χ1n) is 5.49. The molecule has 1 aliphatic rings. The number of aromatic nitrogens is 2. The molecule has 0 saturated carbocycles. The highest BCUT2D eigenvalue weighted by Crippen LogP contribution is 2.13. The van der Waals surface area contributed by atoms with E-state index < -0.39 is 11.9 Å². The fraction of sp³-hybridized carbons (Fsp3) is 0.500. The average Bonchev–Trinajstić information content (AvgIpc) is 2.72. The quantitative estimate of drug-likeness (QED) is 0.647. The van der Waals surface area contributed by atoms with Crippen LogP contribution < -0.4 is 16.4 Å². The van der Waals surface area contributed by atoms with Crippen LogP contribution in [0.5, 0.6) is 0 Å². The summed E-state index contributed by atoms with van der Waals surface area (Å²) in [4.78, 5) is 26.7. The van der Waals surface area contributed by atoms with Crippen molar-refractivity contribution in [3.63, 3.8) is 0 Å². The predicted octanol–water partition coefficient (Wildman–Crippen LogP) is -0.698. The lowest BCUT2D eigenvalue weighted by Crippen LogP contribution is -2.42. The Morgan fingerprint density at radius 3 is 3.06 bits per heavy atom. The summed E-state index contributed by atoms with van der Waals surface area (Å²) in [6, 6.07) is -0.700. The summed E-state index contributed by atoms with van der Waals surface area (Å²) in [7, 11) is 0. The second-order valence-corrected chi connectivity index (χ2v) is 4.02. The molecule has 2 amide bonds. The average molecular weight is 237 g/mol. The van der Waals surface area contributed by atoms with E-state index in [1.165, 1.54) is 6.92 Å². The number of nitrogens with two attached hydrogens (primary N) is 1. The third kappa shape index (κ3) is 2.38. The number of fused-ring (bicyclic) bond motifs is 1. The van der Waals surface area contributed by atoms with E-state index in [4.69, 9.17) is 5.73 Å². The molecule has 0 aliphatic carbocycles. The minimum absolute atomic E-state index is 0.294. The maximum absolute atomic E-state index is 11.8. The highest BCUT2D eigenvalue weighted by Gasteiger charge is 2.19. The maximum Gasteiger partial charge on any atom is 0.272 e. The molecule has 4 N–H and O–H groups in total. The van der Waals surface area contributed by atoms with Crippen molar-refractivity contribution in [1.29, 1.82) is 0 Å². The molecule has 7 heteroatoms. The van der Waals surface area contributed by atoms with Gasteiger partial charge in [-0.1, -0.05) is 0 Å². The Bertz CT molecular complexity index is 430. The monoisotopic (exact) mass is 237 g/mol. The van der Waals surface area contributed by atoms with E-state index in [1.54, 1.807) is 6.20 Å². The van der Waals surface area contributed by atoms with Gasteiger partial charge in [-0.2, -0.15) is 0 Å². The number of anilines is 1. The Labute approximate surface area is 98.4 Å². The molecule has 0 spiro atoms. The van der Waals surface area contributed by atoms with Gasteiger partial charge >= 0.3 is 0 Å². The third-order valence-electron chi connectivity index (χ3n) is 2.64. The van der Waals surface area contributed by atoms with E-state index in [9.17, 15) is 9.59 Å². The molecule has 1 atom stereocenters. The van der Waals surface area contributed by atoms with Crippen LogP contribution in [0.4, 0.5) is 5.95 Å². The molecule has 0 bridgehead atoms. The first kappa shape index (κ1) is 11.4. The molecule has 0 fully saturated rings. The van der Waals surface area contributed by atoms with Crippen molar-refractivity contribution in [2.24, 2.45) is 5.73 Å². The molecule has 1 aromatic heterocycles. The van der Waals surface area contributed by atoms with Crippen molar-refractivity contribution < 1.29 is 9.59 Å². The molecule has 1 unspecified atom stereocenters. The molecule has 2 rings (SSSR count). The maximum atomic E-state index is 11.8. The van der Waals surface area contributed by atoms with Gasteiger partial charge in [0, 0.05) is 19.3 Å². The van der Waals surface area contributed by atoms with E-state index in [-0.39, 0.29) is 5.91 Å². The molecular formula is C10H15N5O2.